The van der Waals surface area contributed by atoms with Gasteiger partial charge in [0, 0.05) is 38.5 Å². The van der Waals surface area contributed by atoms with Crippen LogP contribution in [0.15, 0.2) is 67.3 Å². The lowest BCUT2D eigenvalue weighted by Gasteiger charge is -2.60. The summed E-state index contributed by atoms with van der Waals surface area (Å²) in [6.07, 6.45) is 4.33. The van der Waals surface area contributed by atoms with Crippen molar-refractivity contribution in [3.63, 3.8) is 0 Å². The molecule has 7 heteroatoms. The highest BCUT2D eigenvalue weighted by Crippen LogP contribution is 2.54. The monoisotopic (exact) mass is 506 g/mol. The largest absolute Gasteiger partial charge is 0.497 e. The number of carbonyl (C=O) groups is 2. The molecule has 2 aromatic rings. The molecule has 0 unspecified atom stereocenters. The van der Waals surface area contributed by atoms with Crippen LogP contribution in [0.3, 0.4) is 0 Å². The van der Waals surface area contributed by atoms with E-state index in [0.717, 1.165) is 36.4 Å². The van der Waals surface area contributed by atoms with E-state index in [1.807, 2.05) is 55.6 Å². The molecule has 0 bridgehead atoms. The van der Waals surface area contributed by atoms with Gasteiger partial charge in [-0.2, -0.15) is 0 Å². The van der Waals surface area contributed by atoms with Crippen molar-refractivity contribution in [1.29, 1.82) is 0 Å². The van der Waals surface area contributed by atoms with Crippen molar-refractivity contribution in [3.8, 4) is 5.75 Å². The van der Waals surface area contributed by atoms with Gasteiger partial charge in [-0.1, -0.05) is 48.5 Å². The molecule has 2 aromatic carbocycles. The SMILES string of the molecule is C=CCN1CC[C@@]2(c3cccc(OC)c3)C[C@H](N(C)C(=O)OCc3ccccc3)CC[C@]2(OC(C)=O)C1. The third kappa shape index (κ3) is 5.52. The summed E-state index contributed by atoms with van der Waals surface area (Å²) in [5, 5.41) is 0. The van der Waals surface area contributed by atoms with Crippen LogP contribution in [0.1, 0.15) is 43.7 Å². The number of rotatable bonds is 8. The summed E-state index contributed by atoms with van der Waals surface area (Å²) < 4.78 is 17.5. The number of piperidine rings is 1. The van der Waals surface area contributed by atoms with Gasteiger partial charge in [-0.25, -0.2) is 4.79 Å². The third-order valence-electron chi connectivity index (χ3n) is 8.06. The third-order valence-corrected chi connectivity index (χ3v) is 8.06. The summed E-state index contributed by atoms with van der Waals surface area (Å²) >= 11 is 0. The molecule has 0 spiro atoms. The molecule has 37 heavy (non-hydrogen) atoms. The number of benzene rings is 2. The number of ether oxygens (including phenoxy) is 3. The smallest absolute Gasteiger partial charge is 0.410 e. The number of methoxy groups -OCH3 is 1. The van der Waals surface area contributed by atoms with Gasteiger partial charge in [0.2, 0.25) is 0 Å². The first kappa shape index (κ1) is 26.7. The lowest BCUT2D eigenvalue weighted by Crippen LogP contribution is -2.68. The van der Waals surface area contributed by atoms with Crippen molar-refractivity contribution in [3.05, 3.63) is 78.4 Å². The highest BCUT2D eigenvalue weighted by atomic mass is 16.6. The molecular weight excluding hydrogens is 468 g/mol. The van der Waals surface area contributed by atoms with E-state index in [2.05, 4.69) is 23.6 Å². The van der Waals surface area contributed by atoms with Crippen molar-refractivity contribution in [2.75, 3.05) is 33.8 Å². The molecule has 1 aliphatic carbocycles. The van der Waals surface area contributed by atoms with E-state index in [9.17, 15) is 9.59 Å². The van der Waals surface area contributed by atoms with Crippen molar-refractivity contribution < 1.29 is 23.8 Å². The molecule has 1 saturated heterocycles. The normalized spacial score (nSPS) is 25.4. The van der Waals surface area contributed by atoms with Crippen LogP contribution >= 0.6 is 0 Å². The van der Waals surface area contributed by atoms with Gasteiger partial charge in [0.15, 0.2) is 0 Å². The van der Waals surface area contributed by atoms with Crippen molar-refractivity contribution in [2.24, 2.45) is 0 Å². The van der Waals surface area contributed by atoms with Gasteiger partial charge in [-0.05, 0) is 55.5 Å². The van der Waals surface area contributed by atoms with E-state index in [1.165, 1.54) is 6.92 Å². The molecular formula is C30H38N2O5. The van der Waals surface area contributed by atoms with Gasteiger partial charge in [0.1, 0.15) is 18.0 Å². The molecule has 7 nitrogen and oxygen atoms in total. The fourth-order valence-electron chi connectivity index (χ4n) is 6.22. The molecule has 0 N–H and O–H groups in total. The maximum Gasteiger partial charge on any atom is 0.410 e. The molecule has 198 valence electrons. The minimum atomic E-state index is -0.724. The lowest BCUT2D eigenvalue weighted by molar-refractivity contribution is -0.188. The lowest BCUT2D eigenvalue weighted by atomic mass is 9.55. The van der Waals surface area contributed by atoms with E-state index < -0.39 is 11.0 Å². The maximum absolute atomic E-state index is 13.1. The Labute approximate surface area is 220 Å². The molecule has 1 heterocycles. The first-order chi connectivity index (χ1) is 17.8. The van der Waals surface area contributed by atoms with Crippen LogP contribution in [0, 0.1) is 0 Å². The Morgan fingerprint density at radius 2 is 1.95 bits per heavy atom. The summed E-state index contributed by atoms with van der Waals surface area (Å²) in [5.74, 6) is 0.469. The Morgan fingerprint density at radius 3 is 2.65 bits per heavy atom. The Balaban J connectivity index is 1.66. The predicted octanol–water partition coefficient (Wildman–Crippen LogP) is 4.95. The molecule has 1 saturated carbocycles. The van der Waals surface area contributed by atoms with E-state index in [0.29, 0.717) is 25.8 Å². The highest BCUT2D eigenvalue weighted by Gasteiger charge is 2.61. The van der Waals surface area contributed by atoms with E-state index >= 15 is 0 Å². The van der Waals surface area contributed by atoms with Gasteiger partial charge in [-0.3, -0.25) is 9.69 Å². The number of likely N-dealkylation sites (tertiary alicyclic amines) is 1. The Morgan fingerprint density at radius 1 is 1.16 bits per heavy atom. The van der Waals surface area contributed by atoms with Gasteiger partial charge >= 0.3 is 12.1 Å². The second kappa shape index (κ2) is 11.4. The Kier molecular flexibility index (Phi) is 8.22. The van der Waals surface area contributed by atoms with Gasteiger partial charge in [0.05, 0.1) is 7.11 Å². The second-order valence-electron chi connectivity index (χ2n) is 10.2. The fourth-order valence-corrected chi connectivity index (χ4v) is 6.22. The summed E-state index contributed by atoms with van der Waals surface area (Å²) in [6, 6.07) is 17.7. The standard InChI is InChI=1S/C30H38N2O5/c1-5-17-32-18-16-29(25-12-9-13-27(19-25)35-4)20-26(14-15-30(29,22-32)37-23(2)33)31(3)28(34)36-21-24-10-7-6-8-11-24/h5-13,19,26H,1,14-18,20-22H2,2-4H3/t26-,29+,30+/m1/s1. The molecule has 2 fully saturated rings. The van der Waals surface area contributed by atoms with Gasteiger partial charge < -0.3 is 19.1 Å². The van der Waals surface area contributed by atoms with Crippen LogP contribution < -0.4 is 4.74 Å². The van der Waals surface area contributed by atoms with Gasteiger partial charge in [-0.15, -0.1) is 6.58 Å². The number of fused-ring (bicyclic) bond motifs is 1. The first-order valence-electron chi connectivity index (χ1n) is 12.9. The Bertz CT molecular complexity index is 1110. The molecule has 0 radical (unpaired) electrons. The zero-order valence-electron chi connectivity index (χ0n) is 22.2. The molecule has 1 aliphatic heterocycles. The highest BCUT2D eigenvalue weighted by molar-refractivity contribution is 5.68. The molecule has 0 aromatic heterocycles. The van der Waals surface area contributed by atoms with Crippen LogP contribution in [-0.4, -0.2) is 67.3 Å². The van der Waals surface area contributed by atoms with Crippen molar-refractivity contribution >= 4 is 12.1 Å². The van der Waals surface area contributed by atoms with Crippen LogP contribution in [-0.2, 0) is 26.3 Å². The van der Waals surface area contributed by atoms with Crippen LogP contribution in [0.5, 0.6) is 5.75 Å². The van der Waals surface area contributed by atoms with Crippen LogP contribution in [0.4, 0.5) is 4.79 Å². The summed E-state index contributed by atoms with van der Waals surface area (Å²) in [7, 11) is 3.46. The van der Waals surface area contributed by atoms with E-state index in [-0.39, 0.29) is 24.7 Å². The Hall–Kier alpha value is -3.32. The van der Waals surface area contributed by atoms with Crippen LogP contribution in [0.25, 0.3) is 0 Å². The summed E-state index contributed by atoms with van der Waals surface area (Å²) in [4.78, 5) is 29.6. The van der Waals surface area contributed by atoms with E-state index in [4.69, 9.17) is 14.2 Å². The summed E-state index contributed by atoms with van der Waals surface area (Å²) in [5.41, 5.74) is 0.811. The van der Waals surface area contributed by atoms with Crippen LogP contribution in [0.2, 0.25) is 0 Å². The molecule has 4 rings (SSSR count). The average Bonchev–Trinajstić information content (AvgIpc) is 2.91. The number of esters is 1. The fraction of sp³-hybridized carbons (Fsp3) is 0.467. The quantitative estimate of drug-likeness (QED) is 0.373. The van der Waals surface area contributed by atoms with E-state index in [1.54, 1.807) is 12.0 Å². The summed E-state index contributed by atoms with van der Waals surface area (Å²) in [6.45, 7) is 7.80. The second-order valence-corrected chi connectivity index (χ2v) is 10.2. The number of carbonyl (C=O) groups excluding carboxylic acids is 2. The van der Waals surface area contributed by atoms with Crippen molar-refractivity contribution in [2.45, 2.75) is 56.3 Å². The number of nitrogens with zero attached hydrogens (tertiary/aromatic N) is 2. The number of amides is 1. The number of hydrogen-bond donors (Lipinski definition) is 0. The number of hydrogen-bond acceptors (Lipinski definition) is 6. The zero-order valence-corrected chi connectivity index (χ0v) is 22.2. The minimum Gasteiger partial charge on any atom is -0.497 e. The van der Waals surface area contributed by atoms with Crippen molar-refractivity contribution in [1.82, 2.24) is 9.80 Å². The topological polar surface area (TPSA) is 68.3 Å². The average molecular weight is 507 g/mol. The maximum atomic E-state index is 13.1. The molecule has 1 amide bonds. The molecule has 3 atom stereocenters. The zero-order chi connectivity index (χ0) is 26.5. The van der Waals surface area contributed by atoms with Gasteiger partial charge in [0.25, 0.3) is 0 Å². The minimum absolute atomic E-state index is 0.0656. The predicted molar refractivity (Wildman–Crippen MR) is 142 cm³/mol. The first-order valence-corrected chi connectivity index (χ1v) is 12.9. The molecule has 2 aliphatic rings.